The average Bonchev–Trinajstić information content (AvgIpc) is 2.37. The highest BCUT2D eigenvalue weighted by molar-refractivity contribution is 6.07. The van der Waals surface area contributed by atoms with Crippen LogP contribution in [0.15, 0.2) is 38.5 Å². The van der Waals surface area contributed by atoms with Crippen LogP contribution in [0.2, 0.25) is 0 Å². The van der Waals surface area contributed by atoms with Gasteiger partial charge in [-0.2, -0.15) is 0 Å². The van der Waals surface area contributed by atoms with Crippen LogP contribution in [0.5, 0.6) is 17.4 Å². The Bertz CT molecular complexity index is 834. The number of Topliss-reactive ketones (excluding diaryl/α,β-unsaturated/α-hetero) is 1. The third-order valence-corrected chi connectivity index (χ3v) is 2.92. The molecule has 0 aliphatic heterocycles. The quantitative estimate of drug-likeness (QED) is 0.590. The second-order valence-electron chi connectivity index (χ2n) is 4.57. The molecule has 7 nitrogen and oxygen atoms in total. The van der Waals surface area contributed by atoms with Gasteiger partial charge in [-0.15, -0.1) is 0 Å². The van der Waals surface area contributed by atoms with Gasteiger partial charge in [0.05, 0.1) is 11.4 Å². The van der Waals surface area contributed by atoms with Crippen molar-refractivity contribution in [3.63, 3.8) is 0 Å². The van der Waals surface area contributed by atoms with E-state index in [1.54, 1.807) is 12.1 Å². The molecule has 0 bridgehead atoms. The standard InChI is InChI=1S/C15H13NO6/c1-7(16-9-4-3-5-10(18)6-9)11-13(19)12(8(2)17)15(21)22-14(11)20/h3-6,18-19,21H,1-2H3. The summed E-state index contributed by atoms with van der Waals surface area (Å²) < 4.78 is 4.55. The van der Waals surface area contributed by atoms with Crippen molar-refractivity contribution in [3.8, 4) is 17.4 Å². The van der Waals surface area contributed by atoms with E-state index in [0.29, 0.717) is 5.69 Å². The van der Waals surface area contributed by atoms with Gasteiger partial charge in [-0.1, -0.05) is 6.07 Å². The summed E-state index contributed by atoms with van der Waals surface area (Å²) in [5.41, 5.74) is -1.43. The van der Waals surface area contributed by atoms with Crippen LogP contribution >= 0.6 is 0 Å². The Hall–Kier alpha value is -3.09. The van der Waals surface area contributed by atoms with Gasteiger partial charge in [0.1, 0.15) is 22.6 Å². The van der Waals surface area contributed by atoms with E-state index < -0.39 is 28.7 Å². The van der Waals surface area contributed by atoms with Gasteiger partial charge in [0.25, 0.3) is 5.95 Å². The molecule has 0 spiro atoms. The number of hydrogen-bond acceptors (Lipinski definition) is 7. The maximum absolute atomic E-state index is 11.8. The van der Waals surface area contributed by atoms with Crippen molar-refractivity contribution in [2.45, 2.75) is 13.8 Å². The van der Waals surface area contributed by atoms with Crippen molar-refractivity contribution < 1.29 is 24.5 Å². The first kappa shape index (κ1) is 15.3. The predicted octanol–water partition coefficient (Wildman–Crippen LogP) is 2.10. The maximum atomic E-state index is 11.8. The molecular weight excluding hydrogens is 290 g/mol. The van der Waals surface area contributed by atoms with Gasteiger partial charge in [-0.05, 0) is 26.0 Å². The van der Waals surface area contributed by atoms with E-state index in [1.165, 1.54) is 19.1 Å². The van der Waals surface area contributed by atoms with E-state index in [2.05, 4.69) is 9.41 Å². The fraction of sp³-hybridized carbons (Fsp3) is 0.133. The zero-order chi connectivity index (χ0) is 16.4. The van der Waals surface area contributed by atoms with E-state index in [4.69, 9.17) is 0 Å². The molecule has 0 aliphatic rings. The van der Waals surface area contributed by atoms with Crippen molar-refractivity contribution in [1.82, 2.24) is 0 Å². The van der Waals surface area contributed by atoms with E-state index in [9.17, 15) is 24.9 Å². The number of carbonyl (C=O) groups excluding carboxylic acids is 1. The molecule has 3 N–H and O–H groups in total. The number of ketones is 1. The molecule has 0 unspecified atom stereocenters. The highest BCUT2D eigenvalue weighted by Gasteiger charge is 2.23. The second-order valence-corrected chi connectivity index (χ2v) is 4.57. The highest BCUT2D eigenvalue weighted by Crippen LogP contribution is 2.29. The lowest BCUT2D eigenvalue weighted by molar-refractivity contribution is 0.100. The molecule has 114 valence electrons. The number of phenols is 1. The number of aromatic hydroxyl groups is 3. The molecule has 0 fully saturated rings. The van der Waals surface area contributed by atoms with Crippen molar-refractivity contribution in [3.05, 3.63) is 45.8 Å². The Morgan fingerprint density at radius 1 is 1.14 bits per heavy atom. The number of phenolic OH excluding ortho intramolecular Hbond substituents is 1. The van der Waals surface area contributed by atoms with Gasteiger partial charge in [-0.25, -0.2) is 4.79 Å². The van der Waals surface area contributed by atoms with E-state index in [-0.39, 0.29) is 17.0 Å². The normalized spacial score (nSPS) is 11.5. The zero-order valence-corrected chi connectivity index (χ0v) is 11.8. The van der Waals surface area contributed by atoms with Gasteiger partial charge >= 0.3 is 5.63 Å². The Morgan fingerprint density at radius 3 is 2.41 bits per heavy atom. The molecule has 0 saturated carbocycles. The SMILES string of the molecule is CC(=O)c1c(O)oc(=O)c(C(C)=Nc2cccc(O)c2)c1O. The summed E-state index contributed by atoms with van der Waals surface area (Å²) in [5, 5.41) is 28.9. The van der Waals surface area contributed by atoms with Crippen LogP contribution in [0.1, 0.15) is 29.8 Å². The maximum Gasteiger partial charge on any atom is 0.351 e. The average molecular weight is 303 g/mol. The van der Waals surface area contributed by atoms with Crippen LogP contribution in [0, 0.1) is 0 Å². The Labute approximate surface area is 124 Å². The van der Waals surface area contributed by atoms with Crippen molar-refractivity contribution in [2.24, 2.45) is 4.99 Å². The first-order valence-electron chi connectivity index (χ1n) is 6.26. The first-order valence-corrected chi connectivity index (χ1v) is 6.26. The van der Waals surface area contributed by atoms with Crippen LogP contribution in [-0.2, 0) is 0 Å². The van der Waals surface area contributed by atoms with E-state index in [1.807, 2.05) is 0 Å². The number of hydrogen-bond donors (Lipinski definition) is 3. The number of benzene rings is 1. The minimum atomic E-state index is -1.03. The first-order chi connectivity index (χ1) is 10.3. The van der Waals surface area contributed by atoms with Crippen LogP contribution in [0.25, 0.3) is 0 Å². The Morgan fingerprint density at radius 2 is 1.82 bits per heavy atom. The van der Waals surface area contributed by atoms with E-state index >= 15 is 0 Å². The summed E-state index contributed by atoms with van der Waals surface area (Å²) in [6, 6.07) is 5.94. The predicted molar refractivity (Wildman–Crippen MR) is 78.3 cm³/mol. The summed E-state index contributed by atoms with van der Waals surface area (Å²) in [4.78, 5) is 27.3. The number of nitrogens with zero attached hydrogens (tertiary/aromatic N) is 1. The minimum absolute atomic E-state index is 0.0135. The molecule has 1 aromatic heterocycles. The van der Waals surface area contributed by atoms with Gasteiger partial charge in [0.2, 0.25) is 0 Å². The molecule has 7 heteroatoms. The lowest BCUT2D eigenvalue weighted by atomic mass is 10.1. The fourth-order valence-corrected chi connectivity index (χ4v) is 1.96. The lowest BCUT2D eigenvalue weighted by Gasteiger charge is -2.07. The summed E-state index contributed by atoms with van der Waals surface area (Å²) in [7, 11) is 0. The molecule has 0 aliphatic carbocycles. The van der Waals surface area contributed by atoms with Crippen LogP contribution < -0.4 is 5.63 Å². The van der Waals surface area contributed by atoms with Crippen molar-refractivity contribution >= 4 is 17.2 Å². The molecule has 22 heavy (non-hydrogen) atoms. The summed E-state index contributed by atoms with van der Waals surface area (Å²) in [6.07, 6.45) is 0. The summed E-state index contributed by atoms with van der Waals surface area (Å²) >= 11 is 0. The van der Waals surface area contributed by atoms with Crippen LogP contribution in [-0.4, -0.2) is 26.8 Å². The van der Waals surface area contributed by atoms with Gasteiger partial charge in [0, 0.05) is 6.07 Å². The fourth-order valence-electron chi connectivity index (χ4n) is 1.96. The molecule has 2 rings (SSSR count). The lowest BCUT2D eigenvalue weighted by Crippen LogP contribution is -2.15. The highest BCUT2D eigenvalue weighted by atomic mass is 16.5. The number of aliphatic imine (C=N–C) groups is 1. The molecule has 1 heterocycles. The number of carbonyl (C=O) groups is 1. The van der Waals surface area contributed by atoms with Crippen LogP contribution in [0.4, 0.5) is 5.69 Å². The summed E-state index contributed by atoms with van der Waals surface area (Å²) in [5.74, 6) is -2.31. The minimum Gasteiger partial charge on any atom is -0.508 e. The zero-order valence-electron chi connectivity index (χ0n) is 11.8. The van der Waals surface area contributed by atoms with Gasteiger partial charge in [0.15, 0.2) is 5.78 Å². The molecule has 0 saturated heterocycles. The molecule has 0 amide bonds. The van der Waals surface area contributed by atoms with Gasteiger partial charge < -0.3 is 19.7 Å². The topological polar surface area (TPSA) is 120 Å². The smallest absolute Gasteiger partial charge is 0.351 e. The largest absolute Gasteiger partial charge is 0.508 e. The Kier molecular flexibility index (Phi) is 3.98. The van der Waals surface area contributed by atoms with E-state index in [0.717, 1.165) is 6.92 Å². The molecule has 0 atom stereocenters. The third-order valence-electron chi connectivity index (χ3n) is 2.92. The molecule has 2 aromatic rings. The summed E-state index contributed by atoms with van der Waals surface area (Å²) in [6.45, 7) is 2.54. The Balaban J connectivity index is 2.64. The van der Waals surface area contributed by atoms with Gasteiger partial charge in [-0.3, -0.25) is 9.79 Å². The third kappa shape index (κ3) is 2.83. The van der Waals surface area contributed by atoms with Crippen molar-refractivity contribution in [1.29, 1.82) is 0 Å². The number of rotatable bonds is 3. The molecule has 0 radical (unpaired) electrons. The molecule has 1 aromatic carbocycles. The van der Waals surface area contributed by atoms with Crippen LogP contribution in [0.3, 0.4) is 0 Å². The monoisotopic (exact) mass is 303 g/mol. The molecular formula is C15H13NO6. The van der Waals surface area contributed by atoms with Crippen molar-refractivity contribution in [2.75, 3.05) is 0 Å². The second kappa shape index (κ2) is 5.72.